The zero-order valence-corrected chi connectivity index (χ0v) is 20.2. The van der Waals surface area contributed by atoms with Crippen LogP contribution in [0.25, 0.3) is 37.9 Å². The third kappa shape index (κ3) is 3.77. The predicted octanol–water partition coefficient (Wildman–Crippen LogP) is 5.81. The molecule has 0 spiro atoms. The van der Waals surface area contributed by atoms with Crippen molar-refractivity contribution in [1.82, 2.24) is 19.5 Å². The van der Waals surface area contributed by atoms with E-state index in [0.717, 1.165) is 32.7 Å². The van der Waals surface area contributed by atoms with Gasteiger partial charge in [-0.25, -0.2) is 15.0 Å². The third-order valence-electron chi connectivity index (χ3n) is 6.22. The van der Waals surface area contributed by atoms with Gasteiger partial charge in [0.05, 0.1) is 16.9 Å². The van der Waals surface area contributed by atoms with Crippen LogP contribution in [0.4, 0.5) is 11.5 Å². The first-order chi connectivity index (χ1) is 17.6. The van der Waals surface area contributed by atoms with Crippen molar-refractivity contribution in [3.8, 4) is 16.8 Å². The van der Waals surface area contributed by atoms with Gasteiger partial charge in [0.2, 0.25) is 0 Å². The van der Waals surface area contributed by atoms with E-state index in [1.54, 1.807) is 10.1 Å². The molecule has 7 nitrogen and oxygen atoms in total. The summed E-state index contributed by atoms with van der Waals surface area (Å²) in [5.41, 5.74) is 12.4. The van der Waals surface area contributed by atoms with Crippen molar-refractivity contribution in [3.05, 3.63) is 107 Å². The fraction of sp³-hybridized carbons (Fsp3) is 0.0714. The summed E-state index contributed by atoms with van der Waals surface area (Å²) in [5, 5.41) is 4.96. The third-order valence-corrected chi connectivity index (χ3v) is 6.95. The molecule has 3 aromatic carbocycles. The first-order valence-corrected chi connectivity index (χ1v) is 12.4. The molecule has 6 rings (SSSR count). The standard InChI is InChI=1S/C28H22N6OS/c1-17(33-26-25-27(31-15-30-26)36-16-32-25)23-14-19-8-6-12-22(18-7-5-9-20(29)13-18)24(19)28(35)34(23)21-10-3-2-4-11-21/h2-17H,29H2,1H3,(H,30,31,33). The van der Waals surface area contributed by atoms with Crippen molar-refractivity contribution in [2.45, 2.75) is 13.0 Å². The van der Waals surface area contributed by atoms with Gasteiger partial charge in [-0.3, -0.25) is 9.36 Å². The highest BCUT2D eigenvalue weighted by Gasteiger charge is 2.20. The van der Waals surface area contributed by atoms with Crippen LogP contribution in [0.1, 0.15) is 18.7 Å². The average molecular weight is 491 g/mol. The molecule has 176 valence electrons. The number of hydrogen-bond acceptors (Lipinski definition) is 7. The summed E-state index contributed by atoms with van der Waals surface area (Å²) < 4.78 is 1.77. The number of para-hydroxylation sites is 1. The molecule has 0 aliphatic rings. The summed E-state index contributed by atoms with van der Waals surface area (Å²) in [6, 6.07) is 25.0. The number of nitrogens with one attached hydrogen (secondary N) is 1. The quantitative estimate of drug-likeness (QED) is 0.296. The van der Waals surface area contributed by atoms with Gasteiger partial charge in [-0.1, -0.05) is 48.5 Å². The Morgan fingerprint density at radius 2 is 1.78 bits per heavy atom. The molecular weight excluding hydrogens is 468 g/mol. The number of thiazole rings is 1. The molecule has 0 aliphatic heterocycles. The molecule has 1 atom stereocenters. The Morgan fingerprint density at radius 1 is 0.944 bits per heavy atom. The van der Waals surface area contributed by atoms with E-state index in [1.807, 2.05) is 79.7 Å². The van der Waals surface area contributed by atoms with Gasteiger partial charge in [0.25, 0.3) is 5.56 Å². The number of nitrogens with two attached hydrogens (primary N) is 1. The van der Waals surface area contributed by atoms with Crippen molar-refractivity contribution in [2.24, 2.45) is 0 Å². The zero-order valence-electron chi connectivity index (χ0n) is 19.4. The Bertz CT molecular complexity index is 1780. The number of nitrogens with zero attached hydrogens (tertiary/aromatic N) is 4. The SMILES string of the molecule is CC(Nc1ncnc2scnc12)c1cc2cccc(-c3cccc(N)c3)c2c(=O)n1-c1ccccc1. The van der Waals surface area contributed by atoms with Gasteiger partial charge in [0.1, 0.15) is 16.7 Å². The van der Waals surface area contributed by atoms with Gasteiger partial charge >= 0.3 is 0 Å². The fourth-order valence-electron chi connectivity index (χ4n) is 4.57. The van der Waals surface area contributed by atoms with Crippen LogP contribution < -0.4 is 16.6 Å². The van der Waals surface area contributed by atoms with E-state index in [2.05, 4.69) is 26.3 Å². The van der Waals surface area contributed by atoms with Crippen LogP contribution in [0.5, 0.6) is 0 Å². The van der Waals surface area contributed by atoms with Gasteiger partial charge in [-0.2, -0.15) is 0 Å². The number of anilines is 2. The first-order valence-electron chi connectivity index (χ1n) is 11.5. The molecule has 6 aromatic rings. The second-order valence-corrected chi connectivity index (χ2v) is 9.37. The number of fused-ring (bicyclic) bond motifs is 2. The van der Waals surface area contributed by atoms with Gasteiger partial charge in [0, 0.05) is 17.1 Å². The van der Waals surface area contributed by atoms with E-state index in [9.17, 15) is 4.79 Å². The van der Waals surface area contributed by atoms with E-state index in [0.29, 0.717) is 22.4 Å². The number of rotatable bonds is 5. The monoisotopic (exact) mass is 490 g/mol. The van der Waals surface area contributed by atoms with Crippen LogP contribution in [-0.2, 0) is 0 Å². The van der Waals surface area contributed by atoms with Gasteiger partial charge in [-0.05, 0) is 53.8 Å². The lowest BCUT2D eigenvalue weighted by molar-refractivity contribution is 0.774. The first kappa shape index (κ1) is 21.9. The van der Waals surface area contributed by atoms with E-state index >= 15 is 0 Å². The van der Waals surface area contributed by atoms with E-state index in [-0.39, 0.29) is 11.6 Å². The summed E-state index contributed by atoms with van der Waals surface area (Å²) in [6.45, 7) is 2.02. The molecule has 0 aliphatic carbocycles. The second kappa shape index (κ2) is 8.90. The molecular formula is C28H22N6OS. The lowest BCUT2D eigenvalue weighted by Gasteiger charge is -2.22. The fourth-order valence-corrected chi connectivity index (χ4v) is 5.20. The van der Waals surface area contributed by atoms with Crippen molar-refractivity contribution >= 4 is 44.0 Å². The summed E-state index contributed by atoms with van der Waals surface area (Å²) in [6.07, 6.45) is 1.53. The van der Waals surface area contributed by atoms with Crippen LogP contribution in [0, 0.1) is 0 Å². The molecule has 0 amide bonds. The van der Waals surface area contributed by atoms with Crippen molar-refractivity contribution in [1.29, 1.82) is 0 Å². The molecule has 3 heterocycles. The molecule has 0 radical (unpaired) electrons. The zero-order chi connectivity index (χ0) is 24.6. The highest BCUT2D eigenvalue weighted by Crippen LogP contribution is 2.31. The smallest absolute Gasteiger partial charge is 0.263 e. The molecule has 8 heteroatoms. The molecule has 3 N–H and O–H groups in total. The number of pyridine rings is 1. The minimum atomic E-state index is -0.252. The summed E-state index contributed by atoms with van der Waals surface area (Å²) >= 11 is 1.46. The van der Waals surface area contributed by atoms with E-state index < -0.39 is 0 Å². The van der Waals surface area contributed by atoms with Crippen LogP contribution in [0.3, 0.4) is 0 Å². The maximum atomic E-state index is 14.2. The Labute approximate surface area is 210 Å². The molecule has 0 fully saturated rings. The van der Waals surface area contributed by atoms with Gasteiger partial charge in [0.15, 0.2) is 5.82 Å². The predicted molar refractivity (Wildman–Crippen MR) is 147 cm³/mol. The molecule has 1 unspecified atom stereocenters. The minimum absolute atomic E-state index is 0.0955. The maximum absolute atomic E-state index is 14.2. The minimum Gasteiger partial charge on any atom is -0.399 e. The molecule has 3 aromatic heterocycles. The average Bonchev–Trinajstić information content (AvgIpc) is 3.39. The normalized spacial score (nSPS) is 12.1. The second-order valence-electron chi connectivity index (χ2n) is 8.53. The van der Waals surface area contributed by atoms with E-state index in [4.69, 9.17) is 5.73 Å². The van der Waals surface area contributed by atoms with Crippen molar-refractivity contribution < 1.29 is 0 Å². The van der Waals surface area contributed by atoms with Crippen LogP contribution in [0.2, 0.25) is 0 Å². The molecule has 0 saturated heterocycles. The highest BCUT2D eigenvalue weighted by molar-refractivity contribution is 7.16. The Morgan fingerprint density at radius 3 is 2.61 bits per heavy atom. The lowest BCUT2D eigenvalue weighted by Crippen LogP contribution is -2.26. The number of benzene rings is 3. The number of hydrogen-bond donors (Lipinski definition) is 2. The summed E-state index contributed by atoms with van der Waals surface area (Å²) in [5.74, 6) is 0.634. The van der Waals surface area contributed by atoms with Crippen LogP contribution in [0.15, 0.2) is 95.5 Å². The number of aromatic nitrogens is 4. The summed E-state index contributed by atoms with van der Waals surface area (Å²) in [4.78, 5) is 28.2. The molecule has 0 saturated carbocycles. The van der Waals surface area contributed by atoms with Gasteiger partial charge < -0.3 is 11.1 Å². The highest BCUT2D eigenvalue weighted by atomic mass is 32.1. The Kier molecular flexibility index (Phi) is 5.42. The lowest BCUT2D eigenvalue weighted by atomic mass is 9.97. The Hall–Kier alpha value is -4.56. The van der Waals surface area contributed by atoms with E-state index in [1.165, 1.54) is 17.7 Å². The van der Waals surface area contributed by atoms with Crippen LogP contribution >= 0.6 is 11.3 Å². The van der Waals surface area contributed by atoms with Crippen molar-refractivity contribution in [3.63, 3.8) is 0 Å². The Balaban J connectivity index is 1.58. The van der Waals surface area contributed by atoms with Crippen LogP contribution in [-0.4, -0.2) is 19.5 Å². The van der Waals surface area contributed by atoms with Gasteiger partial charge in [-0.15, -0.1) is 11.3 Å². The largest absolute Gasteiger partial charge is 0.399 e. The van der Waals surface area contributed by atoms with Crippen molar-refractivity contribution in [2.75, 3.05) is 11.1 Å². The summed E-state index contributed by atoms with van der Waals surface area (Å²) in [7, 11) is 0. The molecule has 0 bridgehead atoms. The molecule has 36 heavy (non-hydrogen) atoms. The maximum Gasteiger partial charge on any atom is 0.263 e. The number of nitrogen functional groups attached to an aromatic ring is 1. The topological polar surface area (TPSA) is 98.7 Å².